The Labute approximate surface area is 232 Å². The number of nitrogens with one attached hydrogen (secondary N) is 1. The second-order valence-corrected chi connectivity index (χ2v) is 12.8. The molecule has 12 heteroatoms. The lowest BCUT2D eigenvalue weighted by Crippen LogP contribution is -2.48. The van der Waals surface area contributed by atoms with E-state index in [0.29, 0.717) is 22.6 Å². The van der Waals surface area contributed by atoms with E-state index < -0.39 is 22.2 Å². The number of aliphatic hydroxyl groups is 1. The van der Waals surface area contributed by atoms with Gasteiger partial charge in [0.05, 0.1) is 25.6 Å². The summed E-state index contributed by atoms with van der Waals surface area (Å²) >= 11 is 1.14. The number of pyridine rings is 1. The van der Waals surface area contributed by atoms with Crippen LogP contribution in [0.1, 0.15) is 29.8 Å². The highest BCUT2D eigenvalue weighted by Gasteiger charge is 2.33. The van der Waals surface area contributed by atoms with E-state index in [0.717, 1.165) is 11.3 Å². The lowest BCUT2D eigenvalue weighted by Gasteiger charge is -2.33. The minimum absolute atomic E-state index is 0.0125. The molecule has 0 radical (unpaired) electrons. The number of thiophene rings is 1. The maximum absolute atomic E-state index is 13.4. The van der Waals surface area contributed by atoms with Crippen LogP contribution < -0.4 is 10.1 Å². The van der Waals surface area contributed by atoms with Crippen LogP contribution in [0, 0.1) is 5.92 Å². The van der Waals surface area contributed by atoms with Gasteiger partial charge in [0.1, 0.15) is 16.1 Å². The van der Waals surface area contributed by atoms with Crippen LogP contribution in [0.2, 0.25) is 0 Å². The van der Waals surface area contributed by atoms with Crippen molar-refractivity contribution >= 4 is 38.9 Å². The number of likely N-dealkylation sites (N-methyl/N-ethyl adjacent to an activating group) is 1. The van der Waals surface area contributed by atoms with Crippen LogP contribution in [0.4, 0.5) is 5.69 Å². The maximum Gasteiger partial charge on any atom is 0.255 e. The summed E-state index contributed by atoms with van der Waals surface area (Å²) in [6.45, 7) is 3.77. The second kappa shape index (κ2) is 12.2. The van der Waals surface area contributed by atoms with Crippen LogP contribution in [0.15, 0.2) is 64.4 Å². The van der Waals surface area contributed by atoms with Crippen molar-refractivity contribution in [1.82, 2.24) is 14.2 Å². The molecule has 1 aromatic carbocycles. The van der Waals surface area contributed by atoms with E-state index in [9.17, 15) is 23.1 Å². The van der Waals surface area contributed by atoms with E-state index in [1.807, 2.05) is 6.92 Å². The number of aliphatic hydroxyl groups excluding tert-OH is 1. The van der Waals surface area contributed by atoms with Gasteiger partial charge in [0.15, 0.2) is 0 Å². The summed E-state index contributed by atoms with van der Waals surface area (Å²) < 4.78 is 34.1. The number of hydrogen-bond donors (Lipinski definition) is 2. The Morgan fingerprint density at radius 2 is 2.03 bits per heavy atom. The van der Waals surface area contributed by atoms with Crippen molar-refractivity contribution < 1.29 is 27.9 Å². The van der Waals surface area contributed by atoms with E-state index in [1.54, 1.807) is 59.7 Å². The number of sulfonamides is 1. The van der Waals surface area contributed by atoms with Gasteiger partial charge in [0.2, 0.25) is 5.91 Å². The van der Waals surface area contributed by atoms with Crippen LogP contribution in [0.3, 0.4) is 0 Å². The number of anilines is 1. The minimum atomic E-state index is -3.72. The number of carbonyl (C=O) groups is 2. The summed E-state index contributed by atoms with van der Waals surface area (Å²) in [5, 5.41) is 14.4. The Balaban J connectivity index is 1.65. The highest BCUT2D eigenvalue weighted by molar-refractivity contribution is 7.91. The van der Waals surface area contributed by atoms with Crippen LogP contribution in [0.25, 0.3) is 0 Å². The Kier molecular flexibility index (Phi) is 9.01. The molecular weight excluding hydrogens is 540 g/mol. The molecular formula is C27H32N4O6S2. The Bertz CT molecular complexity index is 1400. The largest absolute Gasteiger partial charge is 0.488 e. The summed E-state index contributed by atoms with van der Waals surface area (Å²) in [7, 11) is -2.21. The van der Waals surface area contributed by atoms with Crippen molar-refractivity contribution in [2.45, 2.75) is 36.6 Å². The molecule has 10 nitrogen and oxygen atoms in total. The van der Waals surface area contributed by atoms with Crippen molar-refractivity contribution in [2.75, 3.05) is 32.1 Å². The highest BCUT2D eigenvalue weighted by atomic mass is 32.2. The first-order valence-electron chi connectivity index (χ1n) is 12.5. The fraction of sp³-hybridized carbons (Fsp3) is 0.370. The smallest absolute Gasteiger partial charge is 0.255 e. The summed E-state index contributed by atoms with van der Waals surface area (Å²) in [5.74, 6) is -0.357. The van der Waals surface area contributed by atoms with E-state index in [4.69, 9.17) is 4.74 Å². The summed E-state index contributed by atoms with van der Waals surface area (Å²) in [6.07, 6.45) is 2.44. The van der Waals surface area contributed by atoms with Gasteiger partial charge in [-0.25, -0.2) is 8.42 Å². The third-order valence-corrected chi connectivity index (χ3v) is 9.91. The van der Waals surface area contributed by atoms with Crippen LogP contribution in [-0.4, -0.2) is 78.4 Å². The number of nitrogens with zero attached hydrogens (tertiary/aromatic N) is 3. The summed E-state index contributed by atoms with van der Waals surface area (Å²) in [5.41, 5.74) is 1.47. The molecule has 4 rings (SSSR count). The monoisotopic (exact) mass is 572 g/mol. The van der Waals surface area contributed by atoms with Crippen molar-refractivity contribution in [3.8, 4) is 5.75 Å². The molecule has 39 heavy (non-hydrogen) atoms. The number of fused-ring (bicyclic) bond motifs is 1. The molecule has 2 amide bonds. The Morgan fingerprint density at radius 3 is 2.69 bits per heavy atom. The zero-order valence-corrected chi connectivity index (χ0v) is 23.6. The Hall–Kier alpha value is -3.32. The standard InChI is InChI=1S/C27H32N4O6S2/c1-18-15-31(19(2)17-32)25(33)14-21-13-22(29-27(34)20-8-10-28-11-9-20)6-7-23(21)37-24(18)16-30(3)39(35,36)26-5-4-12-38-26/h4-13,18-19,24,32H,14-17H2,1-3H3,(H,29,34)/t18-,19+,24-/m1/s1. The van der Waals surface area contributed by atoms with Crippen LogP contribution in [0.5, 0.6) is 5.75 Å². The molecule has 2 aromatic heterocycles. The van der Waals surface area contributed by atoms with Gasteiger partial charge in [-0.1, -0.05) is 13.0 Å². The number of aromatic nitrogens is 1. The topological polar surface area (TPSA) is 129 Å². The van der Waals surface area contributed by atoms with Gasteiger partial charge in [-0.2, -0.15) is 4.31 Å². The molecule has 2 N–H and O–H groups in total. The van der Waals surface area contributed by atoms with Gasteiger partial charge in [0, 0.05) is 48.7 Å². The summed E-state index contributed by atoms with van der Waals surface area (Å²) in [4.78, 5) is 31.6. The van der Waals surface area contributed by atoms with Gasteiger partial charge in [0.25, 0.3) is 15.9 Å². The fourth-order valence-electron chi connectivity index (χ4n) is 4.35. The summed E-state index contributed by atoms with van der Waals surface area (Å²) in [6, 6.07) is 11.1. The van der Waals surface area contributed by atoms with Gasteiger partial charge in [-0.05, 0) is 48.7 Å². The predicted molar refractivity (Wildman–Crippen MR) is 148 cm³/mol. The van der Waals surface area contributed by atoms with Crippen molar-refractivity contribution in [3.05, 3.63) is 71.4 Å². The number of rotatable bonds is 8. The van der Waals surface area contributed by atoms with E-state index in [1.165, 1.54) is 23.7 Å². The zero-order valence-electron chi connectivity index (χ0n) is 22.0. The lowest BCUT2D eigenvalue weighted by molar-refractivity contribution is -0.134. The molecule has 0 fully saturated rings. The first-order chi connectivity index (χ1) is 18.6. The van der Waals surface area contributed by atoms with Gasteiger partial charge < -0.3 is 20.1 Å². The second-order valence-electron chi connectivity index (χ2n) is 9.62. The fourth-order valence-corrected chi connectivity index (χ4v) is 6.73. The SMILES string of the molecule is C[C@@H]1CN([C@@H](C)CO)C(=O)Cc2cc(NC(=O)c3ccncc3)ccc2O[C@@H]1CN(C)S(=O)(=O)c1cccs1. The first kappa shape index (κ1) is 28.7. The number of amides is 2. The molecule has 208 valence electrons. The third kappa shape index (κ3) is 6.64. The minimum Gasteiger partial charge on any atom is -0.488 e. The van der Waals surface area contributed by atoms with Crippen molar-refractivity contribution in [3.63, 3.8) is 0 Å². The average molecular weight is 573 g/mol. The quantitative estimate of drug-likeness (QED) is 0.425. The van der Waals surface area contributed by atoms with E-state index >= 15 is 0 Å². The molecule has 0 bridgehead atoms. The zero-order chi connectivity index (χ0) is 28.2. The Morgan fingerprint density at radius 1 is 1.28 bits per heavy atom. The van der Waals surface area contributed by atoms with Gasteiger partial charge >= 0.3 is 0 Å². The van der Waals surface area contributed by atoms with Gasteiger partial charge in [-0.3, -0.25) is 14.6 Å². The maximum atomic E-state index is 13.4. The molecule has 0 spiro atoms. The molecule has 1 aliphatic heterocycles. The van der Waals surface area contributed by atoms with Crippen LogP contribution in [-0.2, 0) is 21.2 Å². The van der Waals surface area contributed by atoms with E-state index in [-0.39, 0.29) is 48.1 Å². The molecule has 0 saturated heterocycles. The normalized spacial score (nSPS) is 18.9. The van der Waals surface area contributed by atoms with Crippen LogP contribution >= 0.6 is 11.3 Å². The number of hydrogen-bond acceptors (Lipinski definition) is 8. The number of carbonyl (C=O) groups excluding carboxylic acids is 2. The van der Waals surface area contributed by atoms with E-state index in [2.05, 4.69) is 10.3 Å². The molecule has 0 saturated carbocycles. The molecule has 3 aromatic rings. The number of benzene rings is 1. The highest BCUT2D eigenvalue weighted by Crippen LogP contribution is 2.30. The van der Waals surface area contributed by atoms with Crippen molar-refractivity contribution in [2.24, 2.45) is 5.92 Å². The molecule has 3 heterocycles. The molecule has 1 aliphatic rings. The lowest BCUT2D eigenvalue weighted by atomic mass is 10.0. The number of ether oxygens (including phenoxy) is 1. The predicted octanol–water partition coefficient (Wildman–Crippen LogP) is 2.87. The molecule has 0 unspecified atom stereocenters. The molecule has 0 aliphatic carbocycles. The van der Waals surface area contributed by atoms with Gasteiger partial charge in [-0.15, -0.1) is 11.3 Å². The molecule has 3 atom stereocenters. The third-order valence-electron chi connectivity index (χ3n) is 6.71. The van der Waals surface area contributed by atoms with Crippen molar-refractivity contribution in [1.29, 1.82) is 0 Å². The average Bonchev–Trinajstić information content (AvgIpc) is 3.49. The first-order valence-corrected chi connectivity index (χ1v) is 14.8.